The molecule has 1 unspecified atom stereocenters. The normalized spacial score (nSPS) is 12.5. The number of hydrogen-bond acceptors (Lipinski definition) is 3. The highest BCUT2D eigenvalue weighted by molar-refractivity contribution is 7.15. The summed E-state index contributed by atoms with van der Waals surface area (Å²) in [7, 11) is 0. The molecule has 0 saturated carbocycles. The Morgan fingerprint density at radius 2 is 1.95 bits per heavy atom. The Bertz CT molecular complexity index is 668. The Labute approximate surface area is 116 Å². The van der Waals surface area contributed by atoms with Crippen molar-refractivity contribution in [1.82, 2.24) is 9.78 Å². The molecule has 0 aliphatic heterocycles. The molecule has 0 saturated heterocycles. The first-order chi connectivity index (χ1) is 9.24. The Morgan fingerprint density at radius 1 is 1.16 bits per heavy atom. The summed E-state index contributed by atoms with van der Waals surface area (Å²) in [5.74, 6) is 0. The van der Waals surface area contributed by atoms with E-state index in [-0.39, 0.29) is 6.04 Å². The molecule has 0 aliphatic carbocycles. The van der Waals surface area contributed by atoms with Crippen molar-refractivity contribution >= 4 is 11.3 Å². The minimum atomic E-state index is 0.0860. The molecule has 0 amide bonds. The van der Waals surface area contributed by atoms with Crippen LogP contribution in [0.2, 0.25) is 0 Å². The smallest absolute Gasteiger partial charge is 0.0645 e. The second-order valence-electron chi connectivity index (χ2n) is 4.50. The summed E-state index contributed by atoms with van der Waals surface area (Å²) in [4.78, 5) is 2.40. The highest BCUT2D eigenvalue weighted by Crippen LogP contribution is 2.30. The van der Waals surface area contributed by atoms with Gasteiger partial charge in [0.1, 0.15) is 0 Å². The molecule has 0 spiro atoms. The maximum atomic E-state index is 5.89. The lowest BCUT2D eigenvalue weighted by molar-refractivity contribution is 0.838. The van der Waals surface area contributed by atoms with E-state index >= 15 is 0 Å². The second kappa shape index (κ2) is 4.99. The number of aromatic nitrogens is 2. The van der Waals surface area contributed by atoms with E-state index in [0.717, 1.165) is 11.3 Å². The van der Waals surface area contributed by atoms with E-state index in [1.54, 1.807) is 11.3 Å². The van der Waals surface area contributed by atoms with Gasteiger partial charge in [-0.05, 0) is 31.2 Å². The zero-order valence-electron chi connectivity index (χ0n) is 10.7. The van der Waals surface area contributed by atoms with Gasteiger partial charge in [-0.2, -0.15) is 5.10 Å². The van der Waals surface area contributed by atoms with E-state index in [2.05, 4.69) is 17.2 Å². The van der Waals surface area contributed by atoms with E-state index in [9.17, 15) is 0 Å². The monoisotopic (exact) mass is 269 g/mol. The molecule has 96 valence electrons. The molecular weight excluding hydrogens is 254 g/mol. The van der Waals surface area contributed by atoms with Gasteiger partial charge in [-0.3, -0.25) is 0 Å². The molecule has 2 aromatic heterocycles. The Kier molecular flexibility index (Phi) is 3.19. The van der Waals surface area contributed by atoms with Gasteiger partial charge in [0.25, 0.3) is 0 Å². The van der Waals surface area contributed by atoms with E-state index < -0.39 is 0 Å². The van der Waals surface area contributed by atoms with Crippen molar-refractivity contribution in [2.24, 2.45) is 5.73 Å². The zero-order chi connectivity index (χ0) is 13.2. The van der Waals surface area contributed by atoms with E-state index in [1.807, 2.05) is 54.3 Å². The van der Waals surface area contributed by atoms with Crippen LogP contribution >= 0.6 is 11.3 Å². The standard InChI is InChI=1S/C15H15N3S/c1-11(16)14-7-8-15(19-14)12-9-17-18(10-12)13-5-3-2-4-6-13/h2-11H,16H2,1H3. The minimum Gasteiger partial charge on any atom is -0.324 e. The van der Waals surface area contributed by atoms with Crippen LogP contribution in [0.25, 0.3) is 16.1 Å². The number of nitrogens with zero attached hydrogens (tertiary/aromatic N) is 2. The molecule has 3 aromatic rings. The average molecular weight is 269 g/mol. The van der Waals surface area contributed by atoms with Gasteiger partial charge in [-0.25, -0.2) is 4.68 Å². The maximum absolute atomic E-state index is 5.89. The van der Waals surface area contributed by atoms with Crippen LogP contribution < -0.4 is 5.73 Å². The molecule has 2 heterocycles. The van der Waals surface area contributed by atoms with Crippen LogP contribution in [-0.2, 0) is 0 Å². The Morgan fingerprint density at radius 3 is 2.63 bits per heavy atom. The largest absolute Gasteiger partial charge is 0.324 e. The summed E-state index contributed by atoms with van der Waals surface area (Å²) in [6.45, 7) is 2.00. The van der Waals surface area contributed by atoms with Crippen molar-refractivity contribution in [3.8, 4) is 16.1 Å². The first kappa shape index (κ1) is 12.1. The average Bonchev–Trinajstić information content (AvgIpc) is 3.09. The van der Waals surface area contributed by atoms with Gasteiger partial charge in [0.15, 0.2) is 0 Å². The fourth-order valence-corrected chi connectivity index (χ4v) is 2.86. The summed E-state index contributed by atoms with van der Waals surface area (Å²) < 4.78 is 1.89. The van der Waals surface area contributed by atoms with Crippen molar-refractivity contribution in [3.05, 3.63) is 59.7 Å². The number of thiophene rings is 1. The van der Waals surface area contributed by atoms with Gasteiger partial charge >= 0.3 is 0 Å². The lowest BCUT2D eigenvalue weighted by Gasteiger charge is -1.99. The van der Waals surface area contributed by atoms with Crippen LogP contribution in [0.15, 0.2) is 54.9 Å². The fourth-order valence-electron chi connectivity index (χ4n) is 1.92. The lowest BCUT2D eigenvalue weighted by Crippen LogP contribution is -2.01. The molecule has 2 N–H and O–H groups in total. The summed E-state index contributed by atoms with van der Waals surface area (Å²) >= 11 is 1.72. The van der Waals surface area contributed by atoms with E-state index in [1.165, 1.54) is 9.75 Å². The summed E-state index contributed by atoms with van der Waals surface area (Å²) in [6, 6.07) is 14.4. The highest BCUT2D eigenvalue weighted by atomic mass is 32.1. The van der Waals surface area contributed by atoms with Gasteiger partial charge in [-0.15, -0.1) is 11.3 Å². The van der Waals surface area contributed by atoms with E-state index in [4.69, 9.17) is 5.73 Å². The molecule has 0 fully saturated rings. The molecule has 1 aromatic carbocycles. The van der Waals surface area contributed by atoms with Crippen molar-refractivity contribution in [3.63, 3.8) is 0 Å². The van der Waals surface area contributed by atoms with Crippen molar-refractivity contribution < 1.29 is 0 Å². The molecule has 0 aliphatic rings. The summed E-state index contributed by atoms with van der Waals surface area (Å²) in [5, 5.41) is 4.41. The number of rotatable bonds is 3. The molecule has 0 bridgehead atoms. The number of nitrogens with two attached hydrogens (primary N) is 1. The van der Waals surface area contributed by atoms with Gasteiger partial charge in [0.2, 0.25) is 0 Å². The topological polar surface area (TPSA) is 43.8 Å². The Balaban J connectivity index is 1.92. The number of para-hydroxylation sites is 1. The van der Waals surface area contributed by atoms with Crippen LogP contribution in [0.5, 0.6) is 0 Å². The third-order valence-corrected chi connectivity index (χ3v) is 4.30. The fraction of sp³-hybridized carbons (Fsp3) is 0.133. The molecular formula is C15H15N3S. The maximum Gasteiger partial charge on any atom is 0.0645 e. The first-order valence-corrected chi connectivity index (χ1v) is 7.01. The van der Waals surface area contributed by atoms with Gasteiger partial charge < -0.3 is 5.73 Å². The predicted octanol–water partition coefficient (Wildman–Crippen LogP) is 3.62. The van der Waals surface area contributed by atoms with E-state index in [0.29, 0.717) is 0 Å². The van der Waals surface area contributed by atoms with Crippen LogP contribution in [0, 0.1) is 0 Å². The SMILES string of the molecule is CC(N)c1ccc(-c2cnn(-c3ccccc3)c2)s1. The molecule has 4 heteroatoms. The van der Waals surface area contributed by atoms with Gasteiger partial charge in [0.05, 0.1) is 11.9 Å². The van der Waals surface area contributed by atoms with Crippen molar-refractivity contribution in [2.75, 3.05) is 0 Å². The van der Waals surface area contributed by atoms with Crippen molar-refractivity contribution in [2.45, 2.75) is 13.0 Å². The summed E-state index contributed by atoms with van der Waals surface area (Å²) in [5.41, 5.74) is 8.08. The third kappa shape index (κ3) is 2.45. The number of benzene rings is 1. The van der Waals surface area contributed by atoms with Crippen LogP contribution in [-0.4, -0.2) is 9.78 Å². The quantitative estimate of drug-likeness (QED) is 0.789. The Hall–Kier alpha value is -1.91. The van der Waals surface area contributed by atoms with Gasteiger partial charge in [0, 0.05) is 27.6 Å². The minimum absolute atomic E-state index is 0.0860. The molecule has 1 atom stereocenters. The van der Waals surface area contributed by atoms with Crippen LogP contribution in [0.1, 0.15) is 17.8 Å². The molecule has 3 nitrogen and oxygen atoms in total. The van der Waals surface area contributed by atoms with Crippen molar-refractivity contribution in [1.29, 1.82) is 0 Å². The van der Waals surface area contributed by atoms with Crippen LogP contribution in [0.4, 0.5) is 0 Å². The number of hydrogen-bond donors (Lipinski definition) is 1. The molecule has 19 heavy (non-hydrogen) atoms. The lowest BCUT2D eigenvalue weighted by atomic mass is 10.2. The summed E-state index contributed by atoms with van der Waals surface area (Å²) in [6.07, 6.45) is 3.94. The van der Waals surface area contributed by atoms with Crippen LogP contribution in [0.3, 0.4) is 0 Å². The zero-order valence-corrected chi connectivity index (χ0v) is 11.5. The molecule has 3 rings (SSSR count). The molecule has 0 radical (unpaired) electrons. The first-order valence-electron chi connectivity index (χ1n) is 6.20. The highest BCUT2D eigenvalue weighted by Gasteiger charge is 2.08. The third-order valence-electron chi connectivity index (χ3n) is 2.96. The predicted molar refractivity (Wildman–Crippen MR) is 79.5 cm³/mol. The second-order valence-corrected chi connectivity index (χ2v) is 5.62. The van der Waals surface area contributed by atoms with Gasteiger partial charge in [-0.1, -0.05) is 18.2 Å².